The Kier molecular flexibility index (Phi) is 8.44. The van der Waals surface area contributed by atoms with Crippen molar-refractivity contribution in [3.05, 3.63) is 29.8 Å². The highest BCUT2D eigenvalue weighted by molar-refractivity contribution is 5.97. The zero-order valence-corrected chi connectivity index (χ0v) is 17.1. The Morgan fingerprint density at radius 3 is 2.64 bits per heavy atom. The summed E-state index contributed by atoms with van der Waals surface area (Å²) in [6.07, 6.45) is 1.72. The van der Waals surface area contributed by atoms with Crippen LogP contribution in [0.5, 0.6) is 0 Å². The van der Waals surface area contributed by atoms with Crippen LogP contribution in [0.25, 0.3) is 0 Å². The van der Waals surface area contributed by atoms with E-state index in [0.29, 0.717) is 44.0 Å². The average Bonchev–Trinajstić information content (AvgIpc) is 2.69. The van der Waals surface area contributed by atoms with E-state index in [1.807, 2.05) is 13.8 Å². The van der Waals surface area contributed by atoms with Crippen LogP contribution in [0.1, 0.15) is 44.0 Å². The van der Waals surface area contributed by atoms with E-state index in [-0.39, 0.29) is 23.7 Å². The molecule has 2 atom stereocenters. The highest BCUT2D eigenvalue weighted by atomic mass is 16.5. The number of benzene rings is 1. The molecular formula is C21H32N3O4+. The van der Waals surface area contributed by atoms with Gasteiger partial charge in [0.15, 0.2) is 6.54 Å². The van der Waals surface area contributed by atoms with Gasteiger partial charge in [-0.2, -0.15) is 0 Å². The lowest BCUT2D eigenvalue weighted by Crippen LogP contribution is -3.14. The molecule has 0 bridgehead atoms. The molecular weight excluding hydrogens is 358 g/mol. The van der Waals surface area contributed by atoms with Gasteiger partial charge in [0.25, 0.3) is 11.8 Å². The third-order valence-corrected chi connectivity index (χ3v) is 5.09. The molecule has 1 aliphatic rings. The van der Waals surface area contributed by atoms with Crippen LogP contribution in [0.3, 0.4) is 0 Å². The summed E-state index contributed by atoms with van der Waals surface area (Å²) < 4.78 is 5.11. The molecule has 2 rings (SSSR count). The van der Waals surface area contributed by atoms with Crippen molar-refractivity contribution in [2.45, 2.75) is 33.6 Å². The number of nitrogens with one attached hydrogen (secondary N) is 2. The van der Waals surface area contributed by atoms with E-state index in [1.165, 1.54) is 0 Å². The quantitative estimate of drug-likeness (QED) is 0.648. The fourth-order valence-corrected chi connectivity index (χ4v) is 3.63. The average molecular weight is 391 g/mol. The van der Waals surface area contributed by atoms with Crippen molar-refractivity contribution in [3.8, 4) is 0 Å². The SMILES string of the molecule is CCOC(=O)[C@@H]1CCC[NH+](CC(=O)Nc2cccc(C(=O)N(CC)CC)c2)C1. The number of esters is 1. The first-order chi connectivity index (χ1) is 13.5. The van der Waals surface area contributed by atoms with Gasteiger partial charge in [-0.3, -0.25) is 14.4 Å². The van der Waals surface area contributed by atoms with Crippen molar-refractivity contribution in [1.29, 1.82) is 0 Å². The van der Waals surface area contributed by atoms with Gasteiger partial charge >= 0.3 is 5.97 Å². The summed E-state index contributed by atoms with van der Waals surface area (Å²) in [5.41, 5.74) is 1.18. The Hall–Kier alpha value is -2.41. The van der Waals surface area contributed by atoms with Crippen molar-refractivity contribution in [2.75, 3.05) is 44.6 Å². The van der Waals surface area contributed by atoms with Gasteiger partial charge in [-0.25, -0.2) is 0 Å². The number of piperidine rings is 1. The lowest BCUT2D eigenvalue weighted by atomic mass is 9.98. The largest absolute Gasteiger partial charge is 0.466 e. The standard InChI is InChI=1S/C21H31N3O4/c1-4-24(5-2)20(26)16-9-7-11-18(13-16)22-19(25)15-23-12-8-10-17(14-23)21(27)28-6-3/h7,9,11,13,17H,4-6,8,10,12,14-15H2,1-3H3,(H,22,25)/p+1/t17-/m1/s1. The fourth-order valence-electron chi connectivity index (χ4n) is 3.63. The van der Waals surface area contributed by atoms with Gasteiger partial charge in [0.2, 0.25) is 0 Å². The first kappa shape index (κ1) is 21.9. The Balaban J connectivity index is 1.93. The molecule has 0 spiro atoms. The van der Waals surface area contributed by atoms with Crippen LogP contribution in [0.15, 0.2) is 24.3 Å². The summed E-state index contributed by atoms with van der Waals surface area (Å²) in [5, 5.41) is 2.88. The highest BCUT2D eigenvalue weighted by Crippen LogP contribution is 2.13. The van der Waals surface area contributed by atoms with Gasteiger partial charge < -0.3 is 19.9 Å². The number of likely N-dealkylation sites (tertiary alicyclic amines) is 1. The van der Waals surface area contributed by atoms with Crippen LogP contribution in [0.2, 0.25) is 0 Å². The highest BCUT2D eigenvalue weighted by Gasteiger charge is 2.30. The molecule has 1 heterocycles. The normalized spacial score (nSPS) is 19.0. The molecule has 1 aliphatic heterocycles. The number of quaternary nitrogens is 1. The predicted octanol–water partition coefficient (Wildman–Crippen LogP) is 0.965. The number of amides is 2. The lowest BCUT2D eigenvalue weighted by molar-refractivity contribution is -0.899. The Labute approximate surface area is 167 Å². The molecule has 2 amide bonds. The minimum atomic E-state index is -0.164. The summed E-state index contributed by atoms with van der Waals surface area (Å²) in [5.74, 6) is -0.457. The fraction of sp³-hybridized carbons (Fsp3) is 0.571. The third kappa shape index (κ3) is 6.05. The van der Waals surface area contributed by atoms with Gasteiger partial charge in [-0.15, -0.1) is 0 Å². The summed E-state index contributed by atoms with van der Waals surface area (Å²) in [6.45, 7) is 9.14. The molecule has 7 nitrogen and oxygen atoms in total. The van der Waals surface area contributed by atoms with Crippen molar-refractivity contribution in [1.82, 2.24) is 4.90 Å². The minimum absolute atomic E-state index is 0.0416. The molecule has 0 saturated carbocycles. The number of rotatable bonds is 8. The van der Waals surface area contributed by atoms with Gasteiger partial charge in [0.05, 0.1) is 19.7 Å². The summed E-state index contributed by atoms with van der Waals surface area (Å²) in [6, 6.07) is 7.03. The van der Waals surface area contributed by atoms with Gasteiger partial charge in [0.1, 0.15) is 5.92 Å². The van der Waals surface area contributed by atoms with Crippen LogP contribution in [-0.2, 0) is 14.3 Å². The summed E-state index contributed by atoms with van der Waals surface area (Å²) >= 11 is 0. The molecule has 1 saturated heterocycles. The first-order valence-corrected chi connectivity index (χ1v) is 10.2. The van der Waals surface area contributed by atoms with Gasteiger partial charge in [0, 0.05) is 24.3 Å². The van der Waals surface area contributed by atoms with Crippen molar-refractivity contribution in [2.24, 2.45) is 5.92 Å². The molecule has 1 fully saturated rings. The van der Waals surface area contributed by atoms with Gasteiger partial charge in [-0.05, 0) is 51.8 Å². The van der Waals surface area contributed by atoms with E-state index in [0.717, 1.165) is 24.3 Å². The maximum Gasteiger partial charge on any atom is 0.314 e. The number of carbonyl (C=O) groups is 3. The lowest BCUT2D eigenvalue weighted by Gasteiger charge is -2.28. The van der Waals surface area contributed by atoms with E-state index in [1.54, 1.807) is 36.1 Å². The van der Waals surface area contributed by atoms with E-state index >= 15 is 0 Å². The van der Waals surface area contributed by atoms with Crippen LogP contribution in [0.4, 0.5) is 5.69 Å². The van der Waals surface area contributed by atoms with Crippen molar-refractivity contribution >= 4 is 23.5 Å². The van der Waals surface area contributed by atoms with E-state index in [4.69, 9.17) is 4.74 Å². The molecule has 1 aromatic carbocycles. The number of ether oxygens (including phenoxy) is 1. The maximum atomic E-state index is 12.5. The molecule has 0 aliphatic carbocycles. The number of anilines is 1. The number of carbonyl (C=O) groups excluding carboxylic acids is 3. The van der Waals surface area contributed by atoms with E-state index < -0.39 is 0 Å². The maximum absolute atomic E-state index is 12.5. The molecule has 1 aromatic rings. The first-order valence-electron chi connectivity index (χ1n) is 10.2. The smallest absolute Gasteiger partial charge is 0.314 e. The Morgan fingerprint density at radius 2 is 1.96 bits per heavy atom. The second-order valence-corrected chi connectivity index (χ2v) is 7.08. The number of hydrogen-bond donors (Lipinski definition) is 2. The summed E-state index contributed by atoms with van der Waals surface area (Å²) in [4.78, 5) is 39.7. The van der Waals surface area contributed by atoms with Gasteiger partial charge in [-0.1, -0.05) is 6.07 Å². The summed E-state index contributed by atoms with van der Waals surface area (Å²) in [7, 11) is 0. The van der Waals surface area contributed by atoms with Crippen LogP contribution in [-0.4, -0.2) is 62.0 Å². The molecule has 1 unspecified atom stereocenters. The van der Waals surface area contributed by atoms with E-state index in [9.17, 15) is 14.4 Å². The molecule has 28 heavy (non-hydrogen) atoms. The Bertz CT molecular complexity index is 688. The third-order valence-electron chi connectivity index (χ3n) is 5.09. The van der Waals surface area contributed by atoms with Crippen LogP contribution < -0.4 is 10.2 Å². The molecule has 7 heteroatoms. The molecule has 0 aromatic heterocycles. The molecule has 2 N–H and O–H groups in total. The van der Waals surface area contributed by atoms with E-state index in [2.05, 4.69) is 5.32 Å². The van der Waals surface area contributed by atoms with Crippen LogP contribution in [0, 0.1) is 5.92 Å². The number of hydrogen-bond acceptors (Lipinski definition) is 4. The molecule has 154 valence electrons. The van der Waals surface area contributed by atoms with Crippen LogP contribution >= 0.6 is 0 Å². The van der Waals surface area contributed by atoms with Crippen molar-refractivity contribution in [3.63, 3.8) is 0 Å². The van der Waals surface area contributed by atoms with Crippen molar-refractivity contribution < 1.29 is 24.0 Å². The Morgan fingerprint density at radius 1 is 1.21 bits per heavy atom. The second kappa shape index (κ2) is 10.8. The second-order valence-electron chi connectivity index (χ2n) is 7.08. The monoisotopic (exact) mass is 390 g/mol. The predicted molar refractivity (Wildman–Crippen MR) is 107 cm³/mol. The minimum Gasteiger partial charge on any atom is -0.466 e. The zero-order chi connectivity index (χ0) is 20.5. The topological polar surface area (TPSA) is 80.1 Å². The number of nitrogens with zero attached hydrogens (tertiary/aromatic N) is 1. The zero-order valence-electron chi connectivity index (χ0n) is 17.1. The molecule has 0 radical (unpaired) electrons.